The number of aryl methyl sites for hydroxylation is 1. The summed E-state index contributed by atoms with van der Waals surface area (Å²) in [5, 5.41) is 4.01. The number of nitrogens with zero attached hydrogens (tertiary/aromatic N) is 2. The third-order valence-corrected chi connectivity index (χ3v) is 3.98. The highest BCUT2D eigenvalue weighted by atomic mass is 16.5. The third kappa shape index (κ3) is 4.32. The van der Waals surface area contributed by atoms with E-state index in [1.165, 1.54) is 7.11 Å². The van der Waals surface area contributed by atoms with Gasteiger partial charge in [0, 0.05) is 30.3 Å². The van der Waals surface area contributed by atoms with E-state index in [1.54, 1.807) is 18.3 Å². The van der Waals surface area contributed by atoms with Gasteiger partial charge in [0.15, 0.2) is 0 Å². The summed E-state index contributed by atoms with van der Waals surface area (Å²) in [7, 11) is 1.54. The number of nitrogens with two attached hydrogens (primary N) is 2. The van der Waals surface area contributed by atoms with Gasteiger partial charge in [-0.2, -0.15) is 0 Å². The first-order valence-corrected chi connectivity index (χ1v) is 8.11. The Kier molecular flexibility index (Phi) is 6.31. The van der Waals surface area contributed by atoms with Crippen molar-refractivity contribution >= 4 is 5.91 Å². The number of methoxy groups -OCH3 is 1. The zero-order valence-corrected chi connectivity index (χ0v) is 14.1. The summed E-state index contributed by atoms with van der Waals surface area (Å²) in [4.78, 5) is 16.0. The molecular formula is C17H24N4O3. The number of amides is 1. The van der Waals surface area contributed by atoms with Crippen LogP contribution in [0, 0.1) is 0 Å². The zero-order valence-electron chi connectivity index (χ0n) is 14.1. The fourth-order valence-electron chi connectivity index (χ4n) is 2.48. The summed E-state index contributed by atoms with van der Waals surface area (Å²) in [5.41, 5.74) is 12.8. The summed E-state index contributed by atoms with van der Waals surface area (Å²) in [6, 6.07) is 3.68. The van der Waals surface area contributed by atoms with Gasteiger partial charge in [-0.1, -0.05) is 18.5 Å². The van der Waals surface area contributed by atoms with Gasteiger partial charge in [0.1, 0.15) is 17.0 Å². The fraction of sp³-hybridized carbons (Fsp3) is 0.471. The van der Waals surface area contributed by atoms with Gasteiger partial charge < -0.3 is 20.7 Å². The maximum absolute atomic E-state index is 11.8. The molecule has 1 amide bonds. The molecule has 4 N–H and O–H groups in total. The molecule has 1 unspecified atom stereocenters. The topological polar surface area (TPSA) is 117 Å². The first-order chi connectivity index (χ1) is 11.6. The Bertz CT molecular complexity index is 667. The fourth-order valence-corrected chi connectivity index (χ4v) is 2.48. The van der Waals surface area contributed by atoms with Crippen LogP contribution < -0.4 is 16.2 Å². The lowest BCUT2D eigenvalue weighted by atomic mass is 10.0. The summed E-state index contributed by atoms with van der Waals surface area (Å²) >= 11 is 0. The SMILES string of the molecule is CCC(N)CCCCc1onc(-c2ccc(OC)nc2)c1C(N)=O. The van der Waals surface area contributed by atoms with Crippen molar-refractivity contribution in [3.05, 3.63) is 29.7 Å². The lowest BCUT2D eigenvalue weighted by Crippen LogP contribution is -2.18. The van der Waals surface area contributed by atoms with Crippen LogP contribution in [0.5, 0.6) is 5.88 Å². The number of carbonyl (C=O) groups is 1. The van der Waals surface area contributed by atoms with Crippen LogP contribution in [0.2, 0.25) is 0 Å². The first-order valence-electron chi connectivity index (χ1n) is 8.11. The smallest absolute Gasteiger partial charge is 0.254 e. The van der Waals surface area contributed by atoms with Crippen molar-refractivity contribution < 1.29 is 14.1 Å². The van der Waals surface area contributed by atoms with Gasteiger partial charge in [-0.05, 0) is 25.3 Å². The number of rotatable bonds is 9. The molecule has 7 nitrogen and oxygen atoms in total. The summed E-state index contributed by atoms with van der Waals surface area (Å²) < 4.78 is 10.4. The Balaban J connectivity index is 2.13. The molecule has 0 saturated heterocycles. The van der Waals surface area contributed by atoms with Gasteiger partial charge >= 0.3 is 0 Å². The van der Waals surface area contributed by atoms with Crippen LogP contribution in [0.25, 0.3) is 11.3 Å². The van der Waals surface area contributed by atoms with Crippen LogP contribution in [0.3, 0.4) is 0 Å². The van der Waals surface area contributed by atoms with E-state index in [-0.39, 0.29) is 6.04 Å². The van der Waals surface area contributed by atoms with Gasteiger partial charge in [-0.3, -0.25) is 4.79 Å². The highest BCUT2D eigenvalue weighted by Crippen LogP contribution is 2.27. The van der Waals surface area contributed by atoms with Crippen LogP contribution >= 0.6 is 0 Å². The van der Waals surface area contributed by atoms with E-state index in [4.69, 9.17) is 20.7 Å². The van der Waals surface area contributed by atoms with Crippen LogP contribution in [0.1, 0.15) is 48.7 Å². The number of aromatic nitrogens is 2. The average molecular weight is 332 g/mol. The molecule has 7 heteroatoms. The van der Waals surface area contributed by atoms with E-state index in [0.717, 1.165) is 25.7 Å². The maximum atomic E-state index is 11.8. The standard InChI is InChI=1S/C17H24N4O3/c1-3-12(18)6-4-5-7-13-15(17(19)22)16(21-24-13)11-8-9-14(23-2)20-10-11/h8-10,12H,3-7,18H2,1-2H3,(H2,19,22). The lowest BCUT2D eigenvalue weighted by molar-refractivity contribution is 0.0999. The molecule has 24 heavy (non-hydrogen) atoms. The average Bonchev–Trinajstić information content (AvgIpc) is 3.02. The van der Waals surface area contributed by atoms with E-state index in [0.29, 0.717) is 34.9 Å². The molecule has 0 aromatic carbocycles. The van der Waals surface area contributed by atoms with Crippen molar-refractivity contribution in [2.24, 2.45) is 11.5 Å². The molecule has 2 heterocycles. The predicted octanol–water partition coefficient (Wildman–Crippen LogP) is 2.29. The van der Waals surface area contributed by atoms with Crippen molar-refractivity contribution in [1.29, 1.82) is 0 Å². The van der Waals surface area contributed by atoms with Crippen LogP contribution in [0.15, 0.2) is 22.9 Å². The van der Waals surface area contributed by atoms with Crippen molar-refractivity contribution in [3.8, 4) is 17.1 Å². The summed E-state index contributed by atoms with van der Waals surface area (Å²) in [6.07, 6.45) is 5.92. The van der Waals surface area contributed by atoms with Crippen molar-refractivity contribution in [2.75, 3.05) is 7.11 Å². The highest BCUT2D eigenvalue weighted by Gasteiger charge is 2.22. The number of hydrogen-bond donors (Lipinski definition) is 2. The number of carbonyl (C=O) groups excluding carboxylic acids is 1. The van der Waals surface area contributed by atoms with Gasteiger partial charge in [0.2, 0.25) is 5.88 Å². The van der Waals surface area contributed by atoms with Gasteiger partial charge in [0.05, 0.1) is 7.11 Å². The molecule has 0 spiro atoms. The number of pyridine rings is 1. The Morgan fingerprint density at radius 3 is 2.75 bits per heavy atom. The minimum Gasteiger partial charge on any atom is -0.481 e. The molecule has 130 valence electrons. The molecule has 0 aliphatic rings. The van der Waals surface area contributed by atoms with Gasteiger partial charge in [0.25, 0.3) is 5.91 Å². The molecule has 2 rings (SSSR count). The summed E-state index contributed by atoms with van der Waals surface area (Å²) in [6.45, 7) is 2.07. The van der Waals surface area contributed by atoms with Gasteiger partial charge in [-0.25, -0.2) is 4.98 Å². The van der Waals surface area contributed by atoms with Crippen LogP contribution in [-0.2, 0) is 6.42 Å². The van der Waals surface area contributed by atoms with E-state index in [1.807, 2.05) is 0 Å². The van der Waals surface area contributed by atoms with Crippen molar-refractivity contribution in [2.45, 2.75) is 45.1 Å². The predicted molar refractivity (Wildman–Crippen MR) is 90.6 cm³/mol. The second-order valence-corrected chi connectivity index (χ2v) is 5.70. The van der Waals surface area contributed by atoms with Crippen molar-refractivity contribution in [1.82, 2.24) is 10.1 Å². The normalized spacial score (nSPS) is 12.1. The molecule has 0 aliphatic heterocycles. The van der Waals surface area contributed by atoms with E-state index < -0.39 is 5.91 Å². The molecule has 1 atom stereocenters. The second-order valence-electron chi connectivity index (χ2n) is 5.70. The first kappa shape index (κ1) is 17.9. The van der Waals surface area contributed by atoms with Crippen LogP contribution in [-0.4, -0.2) is 29.2 Å². The van der Waals surface area contributed by atoms with E-state index >= 15 is 0 Å². The minimum absolute atomic E-state index is 0.219. The third-order valence-electron chi connectivity index (χ3n) is 3.98. The molecule has 2 aromatic heterocycles. The monoisotopic (exact) mass is 332 g/mol. The Morgan fingerprint density at radius 1 is 1.38 bits per heavy atom. The quantitative estimate of drug-likeness (QED) is 0.680. The molecule has 0 saturated carbocycles. The number of primary amides is 1. The van der Waals surface area contributed by atoms with E-state index in [9.17, 15) is 4.79 Å². The molecule has 2 aromatic rings. The maximum Gasteiger partial charge on any atom is 0.254 e. The van der Waals surface area contributed by atoms with E-state index in [2.05, 4.69) is 17.1 Å². The minimum atomic E-state index is -0.553. The summed E-state index contributed by atoms with van der Waals surface area (Å²) in [5.74, 6) is 0.441. The molecule has 0 aliphatic carbocycles. The van der Waals surface area contributed by atoms with Crippen LogP contribution in [0.4, 0.5) is 0 Å². The Morgan fingerprint density at radius 2 is 2.17 bits per heavy atom. The van der Waals surface area contributed by atoms with Gasteiger partial charge in [-0.15, -0.1) is 0 Å². The lowest BCUT2D eigenvalue weighted by Gasteiger charge is -2.07. The Labute approximate surface area is 141 Å². The zero-order chi connectivity index (χ0) is 17.5. The number of unbranched alkanes of at least 4 members (excludes halogenated alkanes) is 1. The number of ether oxygens (including phenoxy) is 1. The Hall–Kier alpha value is -2.41. The highest BCUT2D eigenvalue weighted by molar-refractivity contribution is 5.99. The largest absolute Gasteiger partial charge is 0.481 e. The molecule has 0 radical (unpaired) electrons. The second kappa shape index (κ2) is 8.44. The molecule has 0 fully saturated rings. The molecular weight excluding hydrogens is 308 g/mol. The van der Waals surface area contributed by atoms with Crippen molar-refractivity contribution in [3.63, 3.8) is 0 Å². The molecule has 0 bridgehead atoms. The number of hydrogen-bond acceptors (Lipinski definition) is 6.